The Morgan fingerprint density at radius 2 is 2.05 bits per heavy atom. The van der Waals surface area contributed by atoms with Gasteiger partial charge in [-0.3, -0.25) is 0 Å². The van der Waals surface area contributed by atoms with Crippen LogP contribution in [0.2, 0.25) is 0 Å². The highest BCUT2D eigenvalue weighted by Crippen LogP contribution is 2.39. The van der Waals surface area contributed by atoms with Crippen LogP contribution in [0.3, 0.4) is 0 Å². The summed E-state index contributed by atoms with van der Waals surface area (Å²) in [5.74, 6) is 1.08. The van der Waals surface area contributed by atoms with Gasteiger partial charge < -0.3 is 10.2 Å². The smallest absolute Gasteiger partial charge is 0.356 e. The van der Waals surface area contributed by atoms with Crippen molar-refractivity contribution in [1.82, 2.24) is 10.3 Å². The molecule has 1 N–H and O–H groups in total. The summed E-state index contributed by atoms with van der Waals surface area (Å²) in [5, 5.41) is 3.31. The van der Waals surface area contributed by atoms with Crippen molar-refractivity contribution in [1.29, 1.82) is 0 Å². The lowest BCUT2D eigenvalue weighted by atomic mass is 9.88. The maximum absolute atomic E-state index is 13.2. The highest BCUT2D eigenvalue weighted by Gasteiger charge is 2.39. The van der Waals surface area contributed by atoms with Gasteiger partial charge in [0.05, 0.1) is 5.56 Å². The predicted octanol–water partition coefficient (Wildman–Crippen LogP) is 2.91. The molecule has 0 aliphatic carbocycles. The zero-order valence-electron chi connectivity index (χ0n) is 10.8. The summed E-state index contributed by atoms with van der Waals surface area (Å²) >= 11 is 3.07. The van der Waals surface area contributed by atoms with Crippen LogP contribution in [0.25, 0.3) is 0 Å². The largest absolute Gasteiger partial charge is 0.419 e. The van der Waals surface area contributed by atoms with Gasteiger partial charge in [0, 0.05) is 23.8 Å². The van der Waals surface area contributed by atoms with Crippen LogP contribution in [-0.2, 0) is 6.18 Å². The predicted molar refractivity (Wildman–Crippen MR) is 73.6 cm³/mol. The van der Waals surface area contributed by atoms with Crippen molar-refractivity contribution in [3.8, 4) is 0 Å². The lowest BCUT2D eigenvalue weighted by Crippen LogP contribution is -2.41. The van der Waals surface area contributed by atoms with Crippen LogP contribution in [0.4, 0.5) is 19.0 Å². The minimum absolute atomic E-state index is 0.0612. The first-order valence-electron chi connectivity index (χ1n) is 6.63. The number of halogens is 4. The summed E-state index contributed by atoms with van der Waals surface area (Å²) in [4.78, 5) is 5.80. The maximum atomic E-state index is 13.2. The average molecular weight is 350 g/mol. The van der Waals surface area contributed by atoms with Gasteiger partial charge in [0.25, 0.3) is 0 Å². The molecule has 2 fully saturated rings. The minimum Gasteiger partial charge on any atom is -0.356 e. The minimum atomic E-state index is -4.38. The van der Waals surface area contributed by atoms with Crippen LogP contribution in [-0.4, -0.2) is 31.2 Å². The fourth-order valence-corrected chi connectivity index (χ4v) is 3.45. The number of hydrogen-bond donors (Lipinski definition) is 1. The lowest BCUT2D eigenvalue weighted by Gasteiger charge is -2.36. The highest BCUT2D eigenvalue weighted by molar-refractivity contribution is 9.10. The molecule has 3 heterocycles. The monoisotopic (exact) mass is 349 g/mol. The van der Waals surface area contributed by atoms with Crippen LogP contribution in [0.1, 0.15) is 12.0 Å². The Labute approximate surface area is 123 Å². The molecule has 20 heavy (non-hydrogen) atoms. The topological polar surface area (TPSA) is 28.2 Å². The van der Waals surface area contributed by atoms with E-state index in [0.29, 0.717) is 29.4 Å². The number of aromatic nitrogens is 1. The third-order valence-corrected chi connectivity index (χ3v) is 4.58. The molecule has 110 valence electrons. The van der Waals surface area contributed by atoms with Crippen molar-refractivity contribution in [3.05, 3.63) is 22.3 Å². The van der Waals surface area contributed by atoms with Gasteiger partial charge in [-0.25, -0.2) is 4.98 Å². The quantitative estimate of drug-likeness (QED) is 0.844. The molecule has 0 amide bonds. The van der Waals surface area contributed by atoms with Gasteiger partial charge in [0.1, 0.15) is 5.82 Å². The molecule has 1 aromatic rings. The molecule has 1 aromatic heterocycles. The molecule has 2 unspecified atom stereocenters. The molecule has 2 aliphatic heterocycles. The number of fused-ring (bicyclic) bond motifs is 1. The fourth-order valence-electron chi connectivity index (χ4n) is 3.12. The van der Waals surface area contributed by atoms with E-state index in [0.717, 1.165) is 25.6 Å². The van der Waals surface area contributed by atoms with Crippen LogP contribution in [0, 0.1) is 11.8 Å². The SMILES string of the molecule is FC(F)(F)c1cc(Br)cnc1N1CCC2CNCC2C1. The summed E-state index contributed by atoms with van der Waals surface area (Å²) in [5.41, 5.74) is -0.656. The van der Waals surface area contributed by atoms with E-state index in [1.165, 1.54) is 6.20 Å². The fraction of sp³-hybridized carbons (Fsp3) is 0.615. The summed E-state index contributed by atoms with van der Waals surface area (Å²) in [6.45, 7) is 3.16. The Kier molecular flexibility index (Phi) is 3.66. The molecule has 0 bridgehead atoms. The van der Waals surface area contributed by atoms with Crippen LogP contribution in [0.5, 0.6) is 0 Å². The average Bonchev–Trinajstić information content (AvgIpc) is 2.84. The van der Waals surface area contributed by atoms with Gasteiger partial charge in [-0.15, -0.1) is 0 Å². The molecule has 2 saturated heterocycles. The van der Waals surface area contributed by atoms with E-state index >= 15 is 0 Å². The normalized spacial score (nSPS) is 26.7. The number of nitrogens with zero attached hydrogens (tertiary/aromatic N) is 2. The summed E-state index contributed by atoms with van der Waals surface area (Å²) < 4.78 is 39.8. The van der Waals surface area contributed by atoms with Gasteiger partial charge in [-0.1, -0.05) is 0 Å². The first-order valence-corrected chi connectivity index (χ1v) is 7.43. The zero-order valence-corrected chi connectivity index (χ0v) is 12.3. The molecule has 7 heteroatoms. The van der Waals surface area contributed by atoms with E-state index in [-0.39, 0.29) is 5.82 Å². The first-order chi connectivity index (χ1) is 9.45. The number of alkyl halides is 3. The summed E-state index contributed by atoms with van der Waals surface area (Å²) in [7, 11) is 0. The van der Waals surface area contributed by atoms with Gasteiger partial charge >= 0.3 is 6.18 Å². The van der Waals surface area contributed by atoms with E-state index < -0.39 is 11.7 Å². The van der Waals surface area contributed by atoms with Gasteiger partial charge in [0.15, 0.2) is 0 Å². The molecule has 0 spiro atoms. The molecule has 3 rings (SSSR count). The first kappa shape index (κ1) is 14.1. The van der Waals surface area contributed by atoms with Gasteiger partial charge in [0.2, 0.25) is 0 Å². The maximum Gasteiger partial charge on any atom is 0.419 e. The van der Waals surface area contributed by atoms with Gasteiger partial charge in [-0.05, 0) is 53.3 Å². The van der Waals surface area contributed by atoms with Crippen LogP contribution < -0.4 is 10.2 Å². The summed E-state index contributed by atoms with van der Waals surface area (Å²) in [6, 6.07) is 1.11. The van der Waals surface area contributed by atoms with E-state index in [4.69, 9.17) is 0 Å². The number of pyridine rings is 1. The van der Waals surface area contributed by atoms with E-state index in [9.17, 15) is 13.2 Å². The molecule has 2 atom stereocenters. The van der Waals surface area contributed by atoms with Crippen molar-refractivity contribution in [3.63, 3.8) is 0 Å². The Hall–Kier alpha value is -0.820. The third-order valence-electron chi connectivity index (χ3n) is 4.14. The standard InChI is InChI=1S/C13H15BrF3N3/c14-10-3-11(13(15,16)17)12(19-6-10)20-2-1-8-4-18-5-9(8)7-20/h3,6,8-9,18H,1-2,4-5,7H2. The number of piperidine rings is 1. The molecule has 3 nitrogen and oxygen atoms in total. The second-order valence-corrected chi connectivity index (χ2v) is 6.35. The Bertz CT molecular complexity index is 506. The van der Waals surface area contributed by atoms with E-state index in [2.05, 4.69) is 26.2 Å². The Balaban J connectivity index is 1.90. The molecular weight excluding hydrogens is 335 g/mol. The Morgan fingerprint density at radius 3 is 2.80 bits per heavy atom. The lowest BCUT2D eigenvalue weighted by molar-refractivity contribution is -0.137. The number of anilines is 1. The third kappa shape index (κ3) is 2.65. The number of hydrogen-bond acceptors (Lipinski definition) is 3. The molecule has 0 saturated carbocycles. The van der Waals surface area contributed by atoms with Gasteiger partial charge in [-0.2, -0.15) is 13.2 Å². The van der Waals surface area contributed by atoms with E-state index in [1.807, 2.05) is 0 Å². The van der Waals surface area contributed by atoms with Crippen molar-refractivity contribution in [2.45, 2.75) is 12.6 Å². The molecule has 0 aromatic carbocycles. The van der Waals surface area contributed by atoms with Crippen LogP contribution in [0.15, 0.2) is 16.7 Å². The number of nitrogens with one attached hydrogen (secondary N) is 1. The zero-order chi connectivity index (χ0) is 14.3. The van der Waals surface area contributed by atoms with Crippen molar-refractivity contribution in [2.75, 3.05) is 31.1 Å². The number of rotatable bonds is 1. The van der Waals surface area contributed by atoms with Crippen molar-refractivity contribution in [2.24, 2.45) is 11.8 Å². The molecular formula is C13H15BrF3N3. The highest BCUT2D eigenvalue weighted by atomic mass is 79.9. The van der Waals surface area contributed by atoms with E-state index in [1.54, 1.807) is 4.90 Å². The summed E-state index contributed by atoms with van der Waals surface area (Å²) in [6.07, 6.45) is -2.02. The second-order valence-electron chi connectivity index (χ2n) is 5.44. The van der Waals surface area contributed by atoms with Crippen molar-refractivity contribution < 1.29 is 13.2 Å². The second kappa shape index (κ2) is 5.18. The Morgan fingerprint density at radius 1 is 1.30 bits per heavy atom. The van der Waals surface area contributed by atoms with Crippen molar-refractivity contribution >= 4 is 21.7 Å². The van der Waals surface area contributed by atoms with Crippen LogP contribution >= 0.6 is 15.9 Å². The molecule has 2 aliphatic rings. The molecule has 0 radical (unpaired) electrons.